The number of urea groups is 1. The molecular formula is C24H23F3N6O2. The number of nitrogens with one attached hydrogen (secondary N) is 1. The molecule has 1 aliphatic heterocycles. The molecule has 4 rings (SSSR count). The molecule has 3 aromatic rings. The number of hydrogen-bond donors (Lipinski definition) is 1. The van der Waals surface area contributed by atoms with Gasteiger partial charge in [-0.25, -0.2) is 9.78 Å². The summed E-state index contributed by atoms with van der Waals surface area (Å²) >= 11 is 0. The lowest BCUT2D eigenvalue weighted by molar-refractivity contribution is -0.137. The molecule has 0 unspecified atom stereocenters. The van der Waals surface area contributed by atoms with Crippen molar-refractivity contribution in [2.45, 2.75) is 25.1 Å². The number of likely N-dealkylation sites (tertiary alicyclic amines) is 1. The van der Waals surface area contributed by atoms with Crippen LogP contribution < -0.4 is 5.32 Å². The molecule has 0 aliphatic carbocycles. The van der Waals surface area contributed by atoms with Gasteiger partial charge in [-0.3, -0.25) is 20.1 Å². The van der Waals surface area contributed by atoms with Crippen LogP contribution in [0.25, 0.3) is 11.3 Å². The third kappa shape index (κ3) is 5.73. The number of pyridine rings is 1. The second-order valence-electron chi connectivity index (χ2n) is 8.17. The van der Waals surface area contributed by atoms with Crippen LogP contribution in [0, 0.1) is 0 Å². The molecule has 1 aliphatic rings. The van der Waals surface area contributed by atoms with Gasteiger partial charge in [0.15, 0.2) is 5.82 Å². The van der Waals surface area contributed by atoms with Crippen molar-refractivity contribution in [3.8, 4) is 11.3 Å². The molecule has 0 spiro atoms. The first-order valence-corrected chi connectivity index (χ1v) is 10.9. The Balaban J connectivity index is 1.32. The Hall–Kier alpha value is -4.02. The Kier molecular flexibility index (Phi) is 6.94. The van der Waals surface area contributed by atoms with Gasteiger partial charge in [-0.05, 0) is 37.1 Å². The molecule has 1 N–H and O–H groups in total. The number of halogens is 3. The molecule has 1 saturated heterocycles. The molecule has 0 bridgehead atoms. The van der Waals surface area contributed by atoms with E-state index in [-0.39, 0.29) is 35.1 Å². The monoisotopic (exact) mass is 484 g/mol. The zero-order chi connectivity index (χ0) is 25.0. The van der Waals surface area contributed by atoms with Crippen LogP contribution >= 0.6 is 0 Å². The maximum Gasteiger partial charge on any atom is 0.416 e. The van der Waals surface area contributed by atoms with Crippen LogP contribution in [0.1, 0.15) is 28.8 Å². The molecule has 35 heavy (non-hydrogen) atoms. The van der Waals surface area contributed by atoms with E-state index in [1.165, 1.54) is 30.7 Å². The average molecular weight is 484 g/mol. The normalized spacial score (nSPS) is 14.5. The van der Waals surface area contributed by atoms with Crippen molar-refractivity contribution in [2.24, 2.45) is 0 Å². The maximum atomic E-state index is 12.9. The Bertz CT molecular complexity index is 1180. The van der Waals surface area contributed by atoms with Crippen molar-refractivity contribution in [1.82, 2.24) is 24.8 Å². The number of rotatable bonds is 4. The second kappa shape index (κ2) is 10.1. The Morgan fingerprint density at radius 1 is 1.06 bits per heavy atom. The smallest absolute Gasteiger partial charge is 0.338 e. The van der Waals surface area contributed by atoms with Crippen molar-refractivity contribution < 1.29 is 22.8 Å². The first-order chi connectivity index (χ1) is 16.7. The number of piperidine rings is 1. The highest BCUT2D eigenvalue weighted by Crippen LogP contribution is 2.31. The highest BCUT2D eigenvalue weighted by Gasteiger charge is 2.31. The third-order valence-corrected chi connectivity index (χ3v) is 5.90. The predicted molar refractivity (Wildman–Crippen MR) is 122 cm³/mol. The Labute approximate surface area is 199 Å². The van der Waals surface area contributed by atoms with Crippen LogP contribution in [0.15, 0.2) is 61.2 Å². The molecule has 3 heterocycles. The molecule has 182 valence electrons. The van der Waals surface area contributed by atoms with Gasteiger partial charge in [-0.2, -0.15) is 13.2 Å². The van der Waals surface area contributed by atoms with Gasteiger partial charge in [-0.15, -0.1) is 0 Å². The van der Waals surface area contributed by atoms with Crippen molar-refractivity contribution in [3.63, 3.8) is 0 Å². The number of amides is 3. The minimum absolute atomic E-state index is 0.0645. The molecule has 1 aromatic carbocycles. The number of nitrogens with zero attached hydrogens (tertiary/aromatic N) is 5. The van der Waals surface area contributed by atoms with Gasteiger partial charge in [0, 0.05) is 44.1 Å². The lowest BCUT2D eigenvalue weighted by atomic mass is 10.0. The van der Waals surface area contributed by atoms with Crippen LogP contribution in [0.4, 0.5) is 23.8 Å². The Morgan fingerprint density at radius 2 is 1.83 bits per heavy atom. The first kappa shape index (κ1) is 24.1. The van der Waals surface area contributed by atoms with Crippen molar-refractivity contribution in [1.29, 1.82) is 0 Å². The fourth-order valence-electron chi connectivity index (χ4n) is 3.89. The molecule has 0 saturated carbocycles. The highest BCUT2D eigenvalue weighted by molar-refractivity contribution is 5.94. The fraction of sp³-hybridized carbons (Fsp3) is 0.292. The van der Waals surface area contributed by atoms with E-state index in [0.29, 0.717) is 31.5 Å². The van der Waals surface area contributed by atoms with E-state index in [1.807, 2.05) is 0 Å². The van der Waals surface area contributed by atoms with E-state index in [2.05, 4.69) is 20.3 Å². The van der Waals surface area contributed by atoms with E-state index in [4.69, 9.17) is 0 Å². The van der Waals surface area contributed by atoms with E-state index < -0.39 is 11.7 Å². The van der Waals surface area contributed by atoms with Crippen LogP contribution in [0.2, 0.25) is 0 Å². The average Bonchev–Trinajstić information content (AvgIpc) is 2.88. The summed E-state index contributed by atoms with van der Waals surface area (Å²) in [5, 5.41) is 2.66. The number of aromatic nitrogens is 3. The molecule has 3 amide bonds. The van der Waals surface area contributed by atoms with Gasteiger partial charge < -0.3 is 9.80 Å². The van der Waals surface area contributed by atoms with Crippen molar-refractivity contribution in [2.75, 3.05) is 25.5 Å². The molecule has 1 fully saturated rings. The van der Waals surface area contributed by atoms with E-state index >= 15 is 0 Å². The fourth-order valence-corrected chi connectivity index (χ4v) is 3.89. The zero-order valence-electron chi connectivity index (χ0n) is 18.9. The summed E-state index contributed by atoms with van der Waals surface area (Å²) in [7, 11) is 1.67. The second-order valence-corrected chi connectivity index (χ2v) is 8.17. The maximum absolute atomic E-state index is 12.9. The largest absolute Gasteiger partial charge is 0.416 e. The van der Waals surface area contributed by atoms with E-state index in [1.54, 1.807) is 35.2 Å². The number of alkyl halides is 3. The van der Waals surface area contributed by atoms with Gasteiger partial charge in [0.05, 0.1) is 29.2 Å². The van der Waals surface area contributed by atoms with Crippen LogP contribution in [-0.2, 0) is 6.18 Å². The third-order valence-electron chi connectivity index (χ3n) is 5.90. The lowest BCUT2D eigenvalue weighted by Gasteiger charge is -2.36. The summed E-state index contributed by atoms with van der Waals surface area (Å²) < 4.78 is 38.8. The molecule has 0 radical (unpaired) electrons. The van der Waals surface area contributed by atoms with Gasteiger partial charge in [0.2, 0.25) is 0 Å². The number of carbonyl (C=O) groups excluding carboxylic acids is 2. The standard InChI is InChI=1S/C24H23F3N6O2/c1-32(19-7-10-33(11-8-19)22(34)17-5-3-9-28-13-17)23(35)31-21-15-29-20(14-30-21)16-4-2-6-18(12-16)24(25,26)27/h2-6,9,12-15,19H,7-8,10-11H2,1H3,(H,30,31,35). The van der Waals surface area contributed by atoms with Gasteiger partial charge in [0.1, 0.15) is 0 Å². The van der Waals surface area contributed by atoms with Crippen LogP contribution in [0.3, 0.4) is 0 Å². The molecular weight excluding hydrogens is 461 g/mol. The quantitative estimate of drug-likeness (QED) is 0.596. The Morgan fingerprint density at radius 3 is 2.46 bits per heavy atom. The molecule has 2 aromatic heterocycles. The first-order valence-electron chi connectivity index (χ1n) is 10.9. The van der Waals surface area contributed by atoms with Crippen LogP contribution in [0.5, 0.6) is 0 Å². The summed E-state index contributed by atoms with van der Waals surface area (Å²) in [6, 6.07) is 7.79. The zero-order valence-corrected chi connectivity index (χ0v) is 18.9. The highest BCUT2D eigenvalue weighted by atomic mass is 19.4. The number of carbonyl (C=O) groups is 2. The number of benzene rings is 1. The van der Waals surface area contributed by atoms with Gasteiger partial charge in [0.25, 0.3) is 5.91 Å². The van der Waals surface area contributed by atoms with Crippen molar-refractivity contribution in [3.05, 3.63) is 72.3 Å². The number of anilines is 1. The summed E-state index contributed by atoms with van der Waals surface area (Å²) in [6.45, 7) is 1.03. The van der Waals surface area contributed by atoms with Gasteiger partial charge >= 0.3 is 12.2 Å². The molecule has 0 atom stereocenters. The van der Waals surface area contributed by atoms with Gasteiger partial charge in [-0.1, -0.05) is 12.1 Å². The van der Waals surface area contributed by atoms with E-state index in [9.17, 15) is 22.8 Å². The summed E-state index contributed by atoms with van der Waals surface area (Å²) in [4.78, 5) is 40.8. The topological polar surface area (TPSA) is 91.3 Å². The minimum atomic E-state index is -4.45. The number of hydrogen-bond acceptors (Lipinski definition) is 5. The van der Waals surface area contributed by atoms with Crippen molar-refractivity contribution >= 4 is 17.8 Å². The van der Waals surface area contributed by atoms with Crippen LogP contribution in [-0.4, -0.2) is 62.9 Å². The lowest BCUT2D eigenvalue weighted by Crippen LogP contribution is -2.48. The van der Waals surface area contributed by atoms with E-state index in [0.717, 1.165) is 12.1 Å². The molecule has 11 heteroatoms. The molecule has 8 nitrogen and oxygen atoms in total. The minimum Gasteiger partial charge on any atom is -0.338 e. The summed E-state index contributed by atoms with van der Waals surface area (Å²) in [6.07, 6.45) is 2.55. The predicted octanol–water partition coefficient (Wildman–Crippen LogP) is 4.33. The summed E-state index contributed by atoms with van der Waals surface area (Å²) in [5.41, 5.74) is 0.288. The summed E-state index contributed by atoms with van der Waals surface area (Å²) in [5.74, 6) is 0.0987. The SMILES string of the molecule is CN(C(=O)Nc1cnc(-c2cccc(C(F)(F)F)c2)cn1)C1CCN(C(=O)c2cccnc2)CC1.